The lowest BCUT2D eigenvalue weighted by Crippen LogP contribution is -2.32. The number of nitrogens with zero attached hydrogens (tertiary/aromatic N) is 2. The topological polar surface area (TPSA) is 63.3 Å². The Bertz CT molecular complexity index is 332. The number of guanidine groups is 1. The van der Waals surface area contributed by atoms with Crippen molar-refractivity contribution in [2.45, 2.75) is 39.7 Å². The van der Waals surface area contributed by atoms with Crippen LogP contribution in [0.15, 0.2) is 10.4 Å². The fraction of sp³-hybridized carbons (Fsp3) is 0.636. The molecule has 16 heavy (non-hydrogen) atoms. The predicted molar refractivity (Wildman–Crippen MR) is 69.7 cm³/mol. The third-order valence-corrected chi connectivity index (χ3v) is 3.19. The summed E-state index contributed by atoms with van der Waals surface area (Å²) in [5.41, 5.74) is 6.72. The van der Waals surface area contributed by atoms with E-state index in [0.29, 0.717) is 12.5 Å². The van der Waals surface area contributed by atoms with Gasteiger partial charge in [0.25, 0.3) is 0 Å². The number of hydrogen-bond donors (Lipinski definition) is 2. The maximum absolute atomic E-state index is 5.72. The van der Waals surface area contributed by atoms with Gasteiger partial charge in [-0.15, -0.1) is 11.3 Å². The molecule has 4 nitrogen and oxygen atoms in total. The van der Waals surface area contributed by atoms with Crippen molar-refractivity contribution in [3.05, 3.63) is 16.1 Å². The minimum Gasteiger partial charge on any atom is -0.370 e. The van der Waals surface area contributed by atoms with Crippen LogP contribution in [0.2, 0.25) is 0 Å². The molecule has 0 aromatic carbocycles. The number of aryl methyl sites for hydroxylation is 1. The molecule has 0 fully saturated rings. The fourth-order valence-corrected chi connectivity index (χ4v) is 1.94. The summed E-state index contributed by atoms with van der Waals surface area (Å²) in [6, 6.07) is 0. The Morgan fingerprint density at radius 3 is 3.00 bits per heavy atom. The molecule has 0 radical (unpaired) electrons. The molecule has 1 aromatic rings. The lowest BCUT2D eigenvalue weighted by atomic mass is 10.3. The fourth-order valence-electron chi connectivity index (χ4n) is 1.20. The number of hydrogen-bond acceptors (Lipinski definition) is 3. The molecule has 1 rings (SSSR count). The van der Waals surface area contributed by atoms with Crippen molar-refractivity contribution in [2.75, 3.05) is 6.54 Å². The van der Waals surface area contributed by atoms with Gasteiger partial charge in [-0.05, 0) is 12.8 Å². The van der Waals surface area contributed by atoms with E-state index in [4.69, 9.17) is 5.73 Å². The van der Waals surface area contributed by atoms with Gasteiger partial charge >= 0.3 is 0 Å². The number of aliphatic imine (C=N–C) groups is 1. The number of aromatic nitrogens is 1. The average Bonchev–Trinajstić information content (AvgIpc) is 2.74. The zero-order valence-electron chi connectivity index (χ0n) is 9.99. The summed E-state index contributed by atoms with van der Waals surface area (Å²) in [6.45, 7) is 5.72. The van der Waals surface area contributed by atoms with E-state index in [1.807, 2.05) is 5.38 Å². The standard InChI is InChI=1S/C11H20N4S/c1-3-5-6-13-11(12)14-7-9-8-16-10(4-2)15-9/h8H,3-7H2,1-2H3,(H3,12,13,14). The van der Waals surface area contributed by atoms with Crippen LogP contribution in [0.1, 0.15) is 37.4 Å². The molecule has 5 heteroatoms. The normalized spacial score (nSPS) is 11.8. The molecule has 0 saturated carbocycles. The molecule has 0 aliphatic heterocycles. The molecule has 0 amide bonds. The lowest BCUT2D eigenvalue weighted by molar-refractivity contribution is 0.747. The van der Waals surface area contributed by atoms with E-state index in [-0.39, 0.29) is 0 Å². The second kappa shape index (κ2) is 7.22. The van der Waals surface area contributed by atoms with Crippen LogP contribution in [0.25, 0.3) is 0 Å². The molecule has 0 saturated heterocycles. The van der Waals surface area contributed by atoms with Crippen molar-refractivity contribution >= 4 is 17.3 Å². The first-order valence-corrected chi connectivity index (χ1v) is 6.61. The van der Waals surface area contributed by atoms with E-state index in [2.05, 4.69) is 29.1 Å². The highest BCUT2D eigenvalue weighted by Gasteiger charge is 1.99. The molecule has 0 spiro atoms. The summed E-state index contributed by atoms with van der Waals surface area (Å²) in [6.07, 6.45) is 3.26. The van der Waals surface area contributed by atoms with Crippen LogP contribution in [-0.4, -0.2) is 17.5 Å². The van der Waals surface area contributed by atoms with Crippen molar-refractivity contribution < 1.29 is 0 Å². The first-order valence-electron chi connectivity index (χ1n) is 5.73. The van der Waals surface area contributed by atoms with E-state index in [9.17, 15) is 0 Å². The predicted octanol–water partition coefficient (Wildman–Crippen LogP) is 1.91. The highest BCUT2D eigenvalue weighted by atomic mass is 32.1. The van der Waals surface area contributed by atoms with Crippen LogP contribution in [0.3, 0.4) is 0 Å². The van der Waals surface area contributed by atoms with Gasteiger partial charge in [0.15, 0.2) is 5.96 Å². The molecule has 0 atom stereocenters. The van der Waals surface area contributed by atoms with E-state index < -0.39 is 0 Å². The third kappa shape index (κ3) is 4.61. The zero-order valence-corrected chi connectivity index (χ0v) is 10.8. The lowest BCUT2D eigenvalue weighted by Gasteiger charge is -2.03. The maximum Gasteiger partial charge on any atom is 0.188 e. The molecule has 3 N–H and O–H groups in total. The largest absolute Gasteiger partial charge is 0.370 e. The summed E-state index contributed by atoms with van der Waals surface area (Å²) in [4.78, 5) is 8.67. The first kappa shape index (κ1) is 13.0. The maximum atomic E-state index is 5.72. The van der Waals surface area contributed by atoms with E-state index in [0.717, 1.165) is 36.5 Å². The highest BCUT2D eigenvalue weighted by Crippen LogP contribution is 2.10. The Hall–Kier alpha value is -1.10. The van der Waals surface area contributed by atoms with Gasteiger partial charge in [-0.3, -0.25) is 0 Å². The van der Waals surface area contributed by atoms with Crippen LogP contribution in [0, 0.1) is 0 Å². The van der Waals surface area contributed by atoms with Gasteiger partial charge in [-0.1, -0.05) is 20.3 Å². The summed E-state index contributed by atoms with van der Waals surface area (Å²) in [5.74, 6) is 0.513. The number of rotatable bonds is 6. The molecule has 0 aliphatic rings. The quantitative estimate of drug-likeness (QED) is 0.453. The second-order valence-electron chi connectivity index (χ2n) is 3.57. The minimum atomic E-state index is 0.513. The van der Waals surface area contributed by atoms with Crippen LogP contribution in [0.5, 0.6) is 0 Å². The molecule has 0 bridgehead atoms. The van der Waals surface area contributed by atoms with Crippen LogP contribution < -0.4 is 11.1 Å². The SMILES string of the molecule is CCCCNC(N)=NCc1csc(CC)n1. The van der Waals surface area contributed by atoms with Gasteiger partial charge < -0.3 is 11.1 Å². The Morgan fingerprint density at radius 1 is 1.56 bits per heavy atom. The minimum absolute atomic E-state index is 0.513. The molecular formula is C11H20N4S. The smallest absolute Gasteiger partial charge is 0.188 e. The highest BCUT2D eigenvalue weighted by molar-refractivity contribution is 7.09. The van der Waals surface area contributed by atoms with Crippen molar-refractivity contribution in [1.82, 2.24) is 10.3 Å². The van der Waals surface area contributed by atoms with E-state index >= 15 is 0 Å². The van der Waals surface area contributed by atoms with Gasteiger partial charge in [-0.2, -0.15) is 0 Å². The molecule has 90 valence electrons. The van der Waals surface area contributed by atoms with Gasteiger partial charge in [0, 0.05) is 11.9 Å². The van der Waals surface area contributed by atoms with Crippen molar-refractivity contribution in [2.24, 2.45) is 10.7 Å². The number of nitrogens with two attached hydrogens (primary N) is 1. The zero-order chi connectivity index (χ0) is 11.8. The number of nitrogens with one attached hydrogen (secondary N) is 1. The Morgan fingerprint density at radius 2 is 2.38 bits per heavy atom. The van der Waals surface area contributed by atoms with E-state index in [1.165, 1.54) is 0 Å². The Labute approximate surface area is 101 Å². The summed E-state index contributed by atoms with van der Waals surface area (Å²) in [5, 5.41) is 6.28. The summed E-state index contributed by atoms with van der Waals surface area (Å²) in [7, 11) is 0. The molecular weight excluding hydrogens is 220 g/mol. The van der Waals surface area contributed by atoms with Gasteiger partial charge in [-0.25, -0.2) is 9.98 Å². The van der Waals surface area contributed by atoms with Gasteiger partial charge in [0.2, 0.25) is 0 Å². The van der Waals surface area contributed by atoms with E-state index in [1.54, 1.807) is 11.3 Å². The van der Waals surface area contributed by atoms with Crippen LogP contribution >= 0.6 is 11.3 Å². The monoisotopic (exact) mass is 240 g/mol. The molecule has 0 unspecified atom stereocenters. The Balaban J connectivity index is 2.33. The van der Waals surface area contributed by atoms with Crippen molar-refractivity contribution in [1.29, 1.82) is 0 Å². The summed E-state index contributed by atoms with van der Waals surface area (Å²) >= 11 is 1.68. The van der Waals surface area contributed by atoms with Gasteiger partial charge in [0.1, 0.15) is 0 Å². The number of thiazole rings is 1. The summed E-state index contributed by atoms with van der Waals surface area (Å²) < 4.78 is 0. The van der Waals surface area contributed by atoms with Crippen molar-refractivity contribution in [3.63, 3.8) is 0 Å². The van der Waals surface area contributed by atoms with Crippen molar-refractivity contribution in [3.8, 4) is 0 Å². The number of unbranched alkanes of at least 4 members (excludes halogenated alkanes) is 1. The average molecular weight is 240 g/mol. The first-order chi connectivity index (χ1) is 7.76. The second-order valence-corrected chi connectivity index (χ2v) is 4.51. The molecule has 1 aromatic heterocycles. The molecule has 0 aliphatic carbocycles. The molecule has 1 heterocycles. The van der Waals surface area contributed by atoms with Crippen LogP contribution in [0.4, 0.5) is 0 Å². The Kier molecular flexibility index (Phi) is 5.85. The van der Waals surface area contributed by atoms with Crippen LogP contribution in [-0.2, 0) is 13.0 Å². The van der Waals surface area contributed by atoms with Gasteiger partial charge in [0.05, 0.1) is 17.2 Å². The third-order valence-electron chi connectivity index (χ3n) is 2.15.